The molecule has 3 N–H and O–H groups in total. The van der Waals surface area contributed by atoms with Crippen molar-refractivity contribution >= 4 is 29.2 Å². The molecule has 1 aliphatic carbocycles. The predicted octanol–water partition coefficient (Wildman–Crippen LogP) is 6.82. The number of carbonyl (C=O) groups is 5. The van der Waals surface area contributed by atoms with Crippen LogP contribution in [-0.2, 0) is 47.7 Å². The highest BCUT2D eigenvalue weighted by atomic mass is 16.6. The number of ketones is 3. The summed E-state index contributed by atoms with van der Waals surface area (Å²) >= 11 is 0. The van der Waals surface area contributed by atoms with Crippen LogP contribution in [0.1, 0.15) is 132 Å². The third-order valence-corrected chi connectivity index (χ3v) is 15.0. The highest BCUT2D eigenvalue weighted by Gasteiger charge is 2.53. The number of rotatable bonds is 8. The van der Waals surface area contributed by atoms with Gasteiger partial charge in [-0.3, -0.25) is 19.2 Å². The van der Waals surface area contributed by atoms with E-state index in [1.165, 1.54) is 4.90 Å². The molecule has 0 aromatic carbocycles. The van der Waals surface area contributed by atoms with E-state index in [1.807, 2.05) is 58.1 Å². The molecule has 3 aliphatic heterocycles. The van der Waals surface area contributed by atoms with E-state index >= 15 is 0 Å². The molecule has 15 atom stereocenters. The average molecular weight is 942 g/mol. The number of hydrogen-bond acceptors (Lipinski definition) is 13. The molecule has 3 heterocycles. The third-order valence-electron chi connectivity index (χ3n) is 15.0. The van der Waals surface area contributed by atoms with Gasteiger partial charge in [-0.25, -0.2) is 4.79 Å². The normalized spacial score (nSPS) is 39.6. The number of aliphatic hydroxyl groups is 3. The third kappa shape index (κ3) is 15.3. The number of piperidine rings is 1. The van der Waals surface area contributed by atoms with Crippen LogP contribution in [0.25, 0.3) is 0 Å². The van der Waals surface area contributed by atoms with Gasteiger partial charge < -0.3 is 43.9 Å². The summed E-state index contributed by atoms with van der Waals surface area (Å²) in [7, 11) is 3.22. The van der Waals surface area contributed by atoms with Gasteiger partial charge in [0.1, 0.15) is 23.7 Å². The molecule has 0 aromatic heterocycles. The van der Waals surface area contributed by atoms with Crippen LogP contribution >= 0.6 is 0 Å². The van der Waals surface area contributed by atoms with Crippen LogP contribution in [-0.4, -0.2) is 132 Å². The fourth-order valence-corrected chi connectivity index (χ4v) is 10.6. The van der Waals surface area contributed by atoms with Crippen LogP contribution in [0.15, 0.2) is 47.6 Å². The van der Waals surface area contributed by atoms with Crippen LogP contribution < -0.4 is 0 Å². The van der Waals surface area contributed by atoms with Gasteiger partial charge >= 0.3 is 5.97 Å². The molecule has 14 nitrogen and oxygen atoms in total. The minimum absolute atomic E-state index is 0.0690. The SMILES string of the molecule is CO[C@H]1CC2CC[C@@H](C)[C@@](O)(O2)C(=O)C(=O)N2CCCC[C@H]2C(=O)O[C@H]([C@H](C)C[C@@H]2CC[C@@H](OCCO)[C@H](OC)C2)CC(=O)[C@H](C)/C=C(\C)[C@@H](O)[C@@H](C)C(=O)[C@H](C)C[C@H](C)/C=C/C=C/C=C/1C. The summed E-state index contributed by atoms with van der Waals surface area (Å²) in [6.07, 6.45) is 13.8. The molecule has 3 fully saturated rings. The second kappa shape index (κ2) is 26.6. The molecule has 1 saturated carbocycles. The number of allylic oxidation sites excluding steroid dienone is 6. The largest absolute Gasteiger partial charge is 0.460 e. The van der Waals surface area contributed by atoms with Crippen molar-refractivity contribution in [3.8, 4) is 0 Å². The predicted molar refractivity (Wildman–Crippen MR) is 254 cm³/mol. The van der Waals surface area contributed by atoms with Gasteiger partial charge in [0.15, 0.2) is 0 Å². The Morgan fingerprint density at radius 1 is 0.866 bits per heavy atom. The zero-order valence-electron chi connectivity index (χ0n) is 42.0. The summed E-state index contributed by atoms with van der Waals surface area (Å²) in [5.74, 6) is -8.14. The second-order valence-electron chi connectivity index (χ2n) is 20.3. The Bertz CT molecular complexity index is 1790. The summed E-state index contributed by atoms with van der Waals surface area (Å²) < 4.78 is 30.0. The van der Waals surface area contributed by atoms with Gasteiger partial charge in [-0.05, 0) is 107 Å². The number of methoxy groups -OCH3 is 2. The van der Waals surface area contributed by atoms with Crippen LogP contribution in [0.2, 0.25) is 0 Å². The number of carbonyl (C=O) groups excluding carboxylic acids is 5. The minimum Gasteiger partial charge on any atom is -0.460 e. The van der Waals surface area contributed by atoms with Crippen molar-refractivity contribution in [2.24, 2.45) is 41.4 Å². The van der Waals surface area contributed by atoms with E-state index < -0.39 is 71.7 Å². The van der Waals surface area contributed by atoms with E-state index in [1.54, 1.807) is 48.0 Å². The van der Waals surface area contributed by atoms with Crippen molar-refractivity contribution in [2.75, 3.05) is 34.0 Å². The molecule has 0 aromatic rings. The summed E-state index contributed by atoms with van der Waals surface area (Å²) in [5, 5.41) is 32.7. The number of esters is 1. The number of cyclic esters (lactones) is 1. The Morgan fingerprint density at radius 2 is 1.60 bits per heavy atom. The van der Waals surface area contributed by atoms with Crippen molar-refractivity contribution < 1.29 is 63.0 Å². The summed E-state index contributed by atoms with van der Waals surface area (Å²) in [6.45, 7) is 14.8. The molecule has 1 amide bonds. The van der Waals surface area contributed by atoms with Crippen molar-refractivity contribution in [3.63, 3.8) is 0 Å². The Morgan fingerprint density at radius 3 is 2.28 bits per heavy atom. The van der Waals surface area contributed by atoms with Gasteiger partial charge in [0.05, 0.1) is 43.7 Å². The number of ether oxygens (including phenoxy) is 5. The molecule has 0 radical (unpaired) electrons. The topological polar surface area (TPSA) is 195 Å². The van der Waals surface area contributed by atoms with E-state index in [4.69, 9.17) is 23.7 Å². The Balaban J connectivity index is 1.68. The Hall–Kier alpha value is -3.37. The average Bonchev–Trinajstić information content (AvgIpc) is 3.31. The quantitative estimate of drug-likeness (QED) is 0.131. The maximum Gasteiger partial charge on any atom is 0.329 e. The zero-order chi connectivity index (χ0) is 49.6. The zero-order valence-corrected chi connectivity index (χ0v) is 42.0. The maximum absolute atomic E-state index is 14.4. The minimum atomic E-state index is -2.43. The number of hydrogen-bond donors (Lipinski definition) is 3. The van der Waals surface area contributed by atoms with Crippen molar-refractivity contribution in [1.29, 1.82) is 0 Å². The molecule has 67 heavy (non-hydrogen) atoms. The van der Waals surface area contributed by atoms with E-state index in [9.17, 15) is 39.3 Å². The molecule has 14 heteroatoms. The molecule has 378 valence electrons. The van der Waals surface area contributed by atoms with E-state index in [-0.39, 0.29) is 80.0 Å². The first kappa shape index (κ1) is 56.2. The molecule has 4 rings (SSSR count). The number of amides is 1. The van der Waals surface area contributed by atoms with Crippen LogP contribution in [0.3, 0.4) is 0 Å². The fourth-order valence-electron chi connectivity index (χ4n) is 10.6. The first-order valence-electron chi connectivity index (χ1n) is 24.9. The number of nitrogens with zero attached hydrogens (tertiary/aromatic N) is 1. The standard InChI is InChI=1S/C53H83NO13/c1-32-16-12-11-13-17-33(2)45(63-9)30-41-21-19-38(7)53(62,67-41)50(59)51(60)54-23-15-14-18-42(54)52(61)66-46(35(4)28-40-20-22-44(65-25-24-55)47(29-40)64-10)31-43(56)34(3)27-37(6)49(58)39(8)48(57)36(5)26-32/h11-13,16-17,27,32,34-36,38-42,44-47,49,55,58,62H,14-15,18-26,28-31H2,1-10H3/b13-11+,16-12+,33-17+,37-27+/t32-,34-,35-,36-,38-,39+,40+,41?,42+,44-,45+,46+,47-,49-,53-/m1/s1. The van der Waals surface area contributed by atoms with Crippen LogP contribution in [0.5, 0.6) is 0 Å². The van der Waals surface area contributed by atoms with Crippen LogP contribution in [0, 0.1) is 41.4 Å². The first-order chi connectivity index (χ1) is 31.7. The lowest BCUT2D eigenvalue weighted by Crippen LogP contribution is -2.61. The first-order valence-corrected chi connectivity index (χ1v) is 24.9. The molecule has 1 unspecified atom stereocenters. The van der Waals surface area contributed by atoms with Gasteiger partial charge in [0.25, 0.3) is 11.7 Å². The molecular weight excluding hydrogens is 859 g/mol. The highest BCUT2D eigenvalue weighted by Crippen LogP contribution is 2.38. The maximum atomic E-state index is 14.4. The lowest BCUT2D eigenvalue weighted by molar-refractivity contribution is -0.265. The summed E-state index contributed by atoms with van der Waals surface area (Å²) in [4.78, 5) is 72.0. The van der Waals surface area contributed by atoms with E-state index in [0.29, 0.717) is 63.4 Å². The van der Waals surface area contributed by atoms with Crippen molar-refractivity contribution in [2.45, 2.75) is 181 Å². The van der Waals surface area contributed by atoms with Gasteiger partial charge in [0.2, 0.25) is 5.79 Å². The number of aliphatic hydroxyl groups excluding tert-OH is 2. The fraction of sp³-hybridized carbons (Fsp3) is 0.755. The summed E-state index contributed by atoms with van der Waals surface area (Å²) in [5.41, 5.74) is 1.38. The smallest absolute Gasteiger partial charge is 0.329 e. The molecular formula is C53H83NO13. The van der Waals surface area contributed by atoms with Gasteiger partial charge in [-0.2, -0.15) is 0 Å². The summed E-state index contributed by atoms with van der Waals surface area (Å²) in [6, 6.07) is -1.13. The van der Waals surface area contributed by atoms with E-state index in [2.05, 4.69) is 0 Å². The van der Waals surface area contributed by atoms with E-state index in [0.717, 1.165) is 12.0 Å². The molecule has 2 bridgehead atoms. The monoisotopic (exact) mass is 942 g/mol. The molecule has 2 saturated heterocycles. The van der Waals surface area contributed by atoms with Gasteiger partial charge in [0, 0.05) is 57.3 Å². The van der Waals surface area contributed by atoms with Gasteiger partial charge in [-0.1, -0.05) is 78.0 Å². The lowest BCUT2D eigenvalue weighted by atomic mass is 9.78. The number of fused-ring (bicyclic) bond motifs is 3. The molecule has 0 spiro atoms. The van der Waals surface area contributed by atoms with Gasteiger partial charge in [-0.15, -0.1) is 0 Å². The lowest BCUT2D eigenvalue weighted by Gasteiger charge is -2.42. The molecule has 4 aliphatic rings. The second-order valence-corrected chi connectivity index (χ2v) is 20.3. The van der Waals surface area contributed by atoms with Crippen LogP contribution in [0.4, 0.5) is 0 Å². The van der Waals surface area contributed by atoms with Crippen molar-refractivity contribution in [3.05, 3.63) is 47.6 Å². The number of Topliss-reactive ketones (excluding diaryl/α,β-unsaturated/α-hetero) is 3. The Kier molecular flexibility index (Phi) is 22.3. The highest BCUT2D eigenvalue weighted by molar-refractivity contribution is 6.39. The Labute approximate surface area is 399 Å². The van der Waals surface area contributed by atoms with Crippen molar-refractivity contribution in [1.82, 2.24) is 4.90 Å².